The van der Waals surface area contributed by atoms with Gasteiger partial charge in [-0.05, 0) is 25.7 Å². The Labute approximate surface area is 115 Å². The molecule has 0 aromatic heterocycles. The first-order valence-corrected chi connectivity index (χ1v) is 7.13. The van der Waals surface area contributed by atoms with Crippen molar-refractivity contribution in [3.63, 3.8) is 0 Å². The molecule has 1 rings (SSSR count). The number of esters is 1. The first-order chi connectivity index (χ1) is 9.04. The summed E-state index contributed by atoms with van der Waals surface area (Å²) in [7, 11) is 1.34. The molecule has 1 aliphatic carbocycles. The third-order valence-corrected chi connectivity index (χ3v) is 3.86. The number of hydrogen-bond acceptors (Lipinski definition) is 4. The first kappa shape index (κ1) is 16.0. The van der Waals surface area contributed by atoms with E-state index in [9.17, 15) is 9.59 Å². The highest BCUT2D eigenvalue weighted by atomic mass is 16.5. The monoisotopic (exact) mass is 270 g/mol. The van der Waals surface area contributed by atoms with E-state index in [0.717, 1.165) is 0 Å². The van der Waals surface area contributed by atoms with Gasteiger partial charge in [-0.2, -0.15) is 0 Å². The van der Waals surface area contributed by atoms with Crippen molar-refractivity contribution in [2.45, 2.75) is 58.0 Å². The van der Waals surface area contributed by atoms with Crippen LogP contribution >= 0.6 is 0 Å². The topological polar surface area (TPSA) is 67.4 Å². The maximum absolute atomic E-state index is 11.6. The zero-order valence-electron chi connectivity index (χ0n) is 12.2. The molecule has 2 atom stereocenters. The summed E-state index contributed by atoms with van der Waals surface area (Å²) >= 11 is 0. The normalized spacial score (nSPS) is 19.5. The van der Waals surface area contributed by atoms with Crippen LogP contribution in [0.25, 0.3) is 0 Å². The van der Waals surface area contributed by atoms with Crippen LogP contribution in [-0.2, 0) is 14.3 Å². The van der Waals surface area contributed by atoms with Crippen LogP contribution in [0, 0.1) is 5.92 Å². The van der Waals surface area contributed by atoms with E-state index in [4.69, 9.17) is 4.74 Å². The van der Waals surface area contributed by atoms with Crippen LogP contribution in [0.4, 0.5) is 0 Å². The minimum atomic E-state index is -0.603. The van der Waals surface area contributed by atoms with Gasteiger partial charge in [-0.15, -0.1) is 0 Å². The molecule has 19 heavy (non-hydrogen) atoms. The van der Waals surface area contributed by atoms with Gasteiger partial charge in [0, 0.05) is 19.5 Å². The minimum absolute atomic E-state index is 0.220. The Morgan fingerprint density at radius 3 is 2.42 bits per heavy atom. The lowest BCUT2D eigenvalue weighted by Gasteiger charge is -2.29. The van der Waals surface area contributed by atoms with Gasteiger partial charge in [-0.3, -0.25) is 4.79 Å². The van der Waals surface area contributed by atoms with Gasteiger partial charge in [0.15, 0.2) is 0 Å². The number of ether oxygens (including phenoxy) is 1. The number of nitrogens with one attached hydrogen (secondary N) is 2. The van der Waals surface area contributed by atoms with Crippen LogP contribution in [0.2, 0.25) is 0 Å². The zero-order chi connectivity index (χ0) is 14.3. The predicted molar refractivity (Wildman–Crippen MR) is 73.7 cm³/mol. The van der Waals surface area contributed by atoms with Gasteiger partial charge in [-0.1, -0.05) is 19.3 Å². The molecule has 110 valence electrons. The number of carbonyl (C=O) groups is 2. The molecule has 1 fully saturated rings. The number of carbonyl (C=O) groups excluding carboxylic acids is 2. The molecule has 0 spiro atoms. The second kappa shape index (κ2) is 8.15. The fourth-order valence-corrected chi connectivity index (χ4v) is 2.69. The number of hydrogen-bond donors (Lipinski definition) is 2. The standard InChI is InChI=1S/C14H26N2O3/c1-10(12-7-5-4-6-8-12)15-9-13(14(18)19-3)16-11(2)17/h10,12-13,15H,4-9H2,1-3H3,(H,16,17)/t10-,13?/m0/s1. The summed E-state index contributed by atoms with van der Waals surface area (Å²) in [5.74, 6) is 0.0467. The van der Waals surface area contributed by atoms with E-state index in [2.05, 4.69) is 17.6 Å². The Bertz CT molecular complexity index is 301. The average Bonchev–Trinajstić information content (AvgIpc) is 2.42. The van der Waals surface area contributed by atoms with Crippen molar-refractivity contribution in [3.05, 3.63) is 0 Å². The molecule has 5 nitrogen and oxygen atoms in total. The summed E-state index contributed by atoms with van der Waals surface area (Å²) in [6.07, 6.45) is 6.42. The number of rotatable bonds is 6. The second-order valence-electron chi connectivity index (χ2n) is 5.37. The summed E-state index contributed by atoms with van der Waals surface area (Å²) < 4.78 is 4.70. The highest BCUT2D eigenvalue weighted by Gasteiger charge is 2.24. The first-order valence-electron chi connectivity index (χ1n) is 7.13. The molecule has 0 radical (unpaired) electrons. The van der Waals surface area contributed by atoms with Gasteiger partial charge in [0.25, 0.3) is 0 Å². The molecule has 0 aromatic rings. The zero-order valence-corrected chi connectivity index (χ0v) is 12.2. The molecule has 1 aliphatic rings. The molecule has 0 bridgehead atoms. The second-order valence-corrected chi connectivity index (χ2v) is 5.37. The molecule has 0 heterocycles. The van der Waals surface area contributed by atoms with Crippen molar-refractivity contribution in [1.29, 1.82) is 0 Å². The maximum Gasteiger partial charge on any atom is 0.329 e. The van der Waals surface area contributed by atoms with Crippen molar-refractivity contribution in [2.24, 2.45) is 5.92 Å². The van der Waals surface area contributed by atoms with Gasteiger partial charge in [-0.25, -0.2) is 4.79 Å². The highest BCUT2D eigenvalue weighted by molar-refractivity contribution is 5.83. The number of methoxy groups -OCH3 is 1. The number of amides is 1. The molecule has 1 saturated carbocycles. The molecule has 1 amide bonds. The SMILES string of the molecule is COC(=O)C(CN[C@@H](C)C1CCCCC1)NC(C)=O. The summed E-state index contributed by atoms with van der Waals surface area (Å²) in [5, 5.41) is 5.97. The van der Waals surface area contributed by atoms with Crippen LogP contribution in [-0.4, -0.2) is 37.6 Å². The fraction of sp³-hybridized carbons (Fsp3) is 0.857. The minimum Gasteiger partial charge on any atom is -0.467 e. The Balaban J connectivity index is 2.41. The molecular weight excluding hydrogens is 244 g/mol. The molecule has 2 N–H and O–H groups in total. The van der Waals surface area contributed by atoms with E-state index >= 15 is 0 Å². The van der Waals surface area contributed by atoms with Crippen molar-refractivity contribution >= 4 is 11.9 Å². The Morgan fingerprint density at radius 1 is 1.26 bits per heavy atom. The van der Waals surface area contributed by atoms with E-state index in [0.29, 0.717) is 18.5 Å². The smallest absolute Gasteiger partial charge is 0.329 e. The molecule has 0 aliphatic heterocycles. The molecule has 0 saturated heterocycles. The van der Waals surface area contributed by atoms with Crippen molar-refractivity contribution in [1.82, 2.24) is 10.6 Å². The van der Waals surface area contributed by atoms with Gasteiger partial charge in [0.1, 0.15) is 6.04 Å². The maximum atomic E-state index is 11.6. The van der Waals surface area contributed by atoms with Crippen LogP contribution in [0.1, 0.15) is 46.0 Å². The lowest BCUT2D eigenvalue weighted by atomic mass is 9.84. The lowest BCUT2D eigenvalue weighted by molar-refractivity contribution is -0.144. The Morgan fingerprint density at radius 2 is 1.89 bits per heavy atom. The van der Waals surface area contributed by atoms with Crippen LogP contribution in [0.5, 0.6) is 0 Å². The van der Waals surface area contributed by atoms with Crippen LogP contribution < -0.4 is 10.6 Å². The third-order valence-electron chi connectivity index (χ3n) is 3.86. The van der Waals surface area contributed by atoms with Gasteiger partial charge in [0.2, 0.25) is 5.91 Å². The summed E-state index contributed by atoms with van der Waals surface area (Å²) in [4.78, 5) is 22.6. The van der Waals surface area contributed by atoms with Crippen molar-refractivity contribution in [3.8, 4) is 0 Å². The summed E-state index contributed by atoms with van der Waals surface area (Å²) in [5.41, 5.74) is 0. The highest BCUT2D eigenvalue weighted by Crippen LogP contribution is 2.26. The molecule has 0 aromatic carbocycles. The van der Waals surface area contributed by atoms with Gasteiger partial charge < -0.3 is 15.4 Å². The van der Waals surface area contributed by atoms with Gasteiger partial charge in [0.05, 0.1) is 7.11 Å². The van der Waals surface area contributed by atoms with E-state index in [1.54, 1.807) is 0 Å². The van der Waals surface area contributed by atoms with E-state index in [1.807, 2.05) is 0 Å². The average molecular weight is 270 g/mol. The van der Waals surface area contributed by atoms with Crippen molar-refractivity contribution in [2.75, 3.05) is 13.7 Å². The fourth-order valence-electron chi connectivity index (χ4n) is 2.69. The quantitative estimate of drug-likeness (QED) is 0.712. The van der Waals surface area contributed by atoms with Crippen molar-refractivity contribution < 1.29 is 14.3 Å². The predicted octanol–water partition coefficient (Wildman–Crippen LogP) is 1.22. The Kier molecular flexibility index (Phi) is 6.84. The van der Waals surface area contributed by atoms with Gasteiger partial charge >= 0.3 is 5.97 Å². The van der Waals surface area contributed by atoms with E-state index in [-0.39, 0.29) is 5.91 Å². The Hall–Kier alpha value is -1.10. The van der Waals surface area contributed by atoms with E-state index in [1.165, 1.54) is 46.1 Å². The molecule has 5 heteroatoms. The van der Waals surface area contributed by atoms with E-state index < -0.39 is 12.0 Å². The third kappa shape index (κ3) is 5.59. The van der Waals surface area contributed by atoms with Crippen LogP contribution in [0.15, 0.2) is 0 Å². The molecular formula is C14H26N2O3. The molecule has 1 unspecified atom stereocenters. The van der Waals surface area contributed by atoms with Crippen LogP contribution in [0.3, 0.4) is 0 Å². The lowest BCUT2D eigenvalue weighted by Crippen LogP contribution is -2.50. The summed E-state index contributed by atoms with van der Waals surface area (Å²) in [6.45, 7) is 3.97. The largest absolute Gasteiger partial charge is 0.467 e. The summed E-state index contributed by atoms with van der Waals surface area (Å²) in [6, 6.07) is -0.241.